The van der Waals surface area contributed by atoms with Gasteiger partial charge in [0.2, 0.25) is 0 Å². The molecule has 1 aromatic heterocycles. The maximum Gasteiger partial charge on any atom is 0.415 e. The Morgan fingerprint density at radius 1 is 1.38 bits per heavy atom. The van der Waals surface area contributed by atoms with Gasteiger partial charge in [-0.25, -0.2) is 14.0 Å². The fourth-order valence-corrected chi connectivity index (χ4v) is 5.70. The molecule has 2 aromatic rings. The Bertz CT molecular complexity index is 1230. The fourth-order valence-electron chi connectivity index (χ4n) is 5.70. The molecule has 174 valence electrons. The van der Waals surface area contributed by atoms with Crippen LogP contribution in [-0.2, 0) is 26.0 Å². The number of benzene rings is 1. The number of hydrogen-bond acceptors (Lipinski definition) is 7. The number of ether oxygens (including phenoxy) is 3. The van der Waals surface area contributed by atoms with Crippen molar-refractivity contribution in [2.45, 2.75) is 24.0 Å². The number of anilines is 1. The first-order chi connectivity index (χ1) is 16.5. The van der Waals surface area contributed by atoms with Gasteiger partial charge in [-0.15, -0.1) is 0 Å². The highest BCUT2D eigenvalue weighted by Crippen LogP contribution is 2.62. The van der Waals surface area contributed by atoms with E-state index in [9.17, 15) is 14.9 Å². The van der Waals surface area contributed by atoms with Gasteiger partial charge in [0.25, 0.3) is 0 Å². The van der Waals surface area contributed by atoms with Crippen molar-refractivity contribution in [2.24, 2.45) is 11.8 Å². The monoisotopic (exact) mass is 464 g/mol. The number of nitrogens with one attached hydrogen (secondary N) is 1. The number of carbonyl (C=O) groups excluding carboxylic acids is 2. The average Bonchev–Trinajstić information content (AvgIpc) is 3.23. The van der Waals surface area contributed by atoms with Crippen LogP contribution in [0.1, 0.15) is 11.3 Å². The van der Waals surface area contributed by atoms with Crippen LogP contribution < -0.4 is 10.2 Å². The standard InChI is InChI=1S/C24H21FN4O5/c1-32-22(30)28-8-20-19-5-13-4-14(17(25)6-18(13)29(19)23(31)34-20)12-2-3-21(27-7-12)24(11-26)15-9-33-10-16(15)24/h2-4,6-7,15-16,19-20H,5,8-10H2,1H3,(H,28,30)/t15-,16+,19-,20-,24+/m0/s1. The number of halogens is 1. The molecule has 5 atom stereocenters. The van der Waals surface area contributed by atoms with Crippen LogP contribution in [0.25, 0.3) is 11.1 Å². The van der Waals surface area contributed by atoms with Crippen LogP contribution in [0, 0.1) is 29.0 Å². The number of rotatable bonds is 4. The smallest absolute Gasteiger partial charge is 0.415 e. The van der Waals surface area contributed by atoms with E-state index in [2.05, 4.69) is 21.1 Å². The topological polar surface area (TPSA) is 114 Å². The number of methoxy groups -OCH3 is 1. The first-order valence-electron chi connectivity index (χ1n) is 11.1. The van der Waals surface area contributed by atoms with Crippen LogP contribution >= 0.6 is 0 Å². The molecule has 3 fully saturated rings. The Kier molecular flexibility index (Phi) is 4.54. The van der Waals surface area contributed by atoms with Crippen LogP contribution in [0.5, 0.6) is 0 Å². The molecule has 4 heterocycles. The highest BCUT2D eigenvalue weighted by molar-refractivity contribution is 5.94. The minimum Gasteiger partial charge on any atom is -0.453 e. The number of nitriles is 1. The molecular weight excluding hydrogens is 443 g/mol. The van der Waals surface area contributed by atoms with E-state index in [1.807, 2.05) is 0 Å². The molecule has 0 spiro atoms. The van der Waals surface area contributed by atoms with E-state index in [-0.39, 0.29) is 24.4 Å². The highest BCUT2D eigenvalue weighted by atomic mass is 19.1. The van der Waals surface area contributed by atoms with Gasteiger partial charge in [-0.3, -0.25) is 9.88 Å². The number of carbonyl (C=O) groups is 2. The Labute approximate surface area is 194 Å². The lowest BCUT2D eigenvalue weighted by atomic mass is 9.95. The maximum absolute atomic E-state index is 15.2. The van der Waals surface area contributed by atoms with Crippen molar-refractivity contribution >= 4 is 17.9 Å². The second-order valence-electron chi connectivity index (χ2n) is 9.06. The van der Waals surface area contributed by atoms with Gasteiger partial charge in [0.1, 0.15) is 17.3 Å². The number of nitrogens with zero attached hydrogens (tertiary/aromatic N) is 3. The van der Waals surface area contributed by atoms with E-state index in [0.717, 1.165) is 5.56 Å². The van der Waals surface area contributed by atoms with Gasteiger partial charge in [0, 0.05) is 29.2 Å². The molecule has 2 saturated heterocycles. The number of cyclic esters (lactones) is 1. The lowest BCUT2D eigenvalue weighted by molar-refractivity contribution is 0.123. The summed E-state index contributed by atoms with van der Waals surface area (Å²) in [6.07, 6.45) is 0.306. The van der Waals surface area contributed by atoms with Gasteiger partial charge >= 0.3 is 12.2 Å². The zero-order chi connectivity index (χ0) is 23.6. The molecule has 6 rings (SSSR count). The minimum atomic E-state index is -0.616. The van der Waals surface area contributed by atoms with Crippen molar-refractivity contribution in [3.05, 3.63) is 47.5 Å². The van der Waals surface area contributed by atoms with Gasteiger partial charge in [-0.1, -0.05) is 6.07 Å². The summed E-state index contributed by atoms with van der Waals surface area (Å²) in [5.41, 5.74) is 2.34. The van der Waals surface area contributed by atoms with Crippen LogP contribution in [0.3, 0.4) is 0 Å². The summed E-state index contributed by atoms with van der Waals surface area (Å²) >= 11 is 0. The molecule has 0 unspecified atom stereocenters. The summed E-state index contributed by atoms with van der Waals surface area (Å²) in [6.45, 7) is 1.23. The molecule has 1 aliphatic carbocycles. The Morgan fingerprint density at radius 2 is 2.18 bits per heavy atom. The van der Waals surface area contributed by atoms with Crippen molar-refractivity contribution < 1.29 is 28.2 Å². The van der Waals surface area contributed by atoms with Crippen LogP contribution in [-0.4, -0.2) is 56.2 Å². The molecule has 1 saturated carbocycles. The van der Waals surface area contributed by atoms with Crippen molar-refractivity contribution in [3.8, 4) is 17.2 Å². The number of fused-ring (bicyclic) bond motifs is 4. The highest BCUT2D eigenvalue weighted by Gasteiger charge is 2.70. The summed E-state index contributed by atoms with van der Waals surface area (Å²) in [6, 6.07) is 8.74. The summed E-state index contributed by atoms with van der Waals surface area (Å²) in [7, 11) is 1.25. The maximum atomic E-state index is 15.2. The summed E-state index contributed by atoms with van der Waals surface area (Å²) in [5.74, 6) is -0.144. The number of hydrogen-bond donors (Lipinski definition) is 1. The molecular formula is C24H21FN4O5. The van der Waals surface area contributed by atoms with E-state index in [0.29, 0.717) is 42.1 Å². The van der Waals surface area contributed by atoms with Crippen molar-refractivity contribution in [3.63, 3.8) is 0 Å². The third-order valence-electron chi connectivity index (χ3n) is 7.52. The Balaban J connectivity index is 1.26. The van der Waals surface area contributed by atoms with Crippen LogP contribution in [0.2, 0.25) is 0 Å². The third kappa shape index (κ3) is 2.83. The lowest BCUT2D eigenvalue weighted by Crippen LogP contribution is -2.40. The first-order valence-corrected chi connectivity index (χ1v) is 11.1. The molecule has 10 heteroatoms. The molecule has 1 aromatic carbocycles. The van der Waals surface area contributed by atoms with Crippen molar-refractivity contribution in [2.75, 3.05) is 31.8 Å². The zero-order valence-electron chi connectivity index (χ0n) is 18.3. The Hall–Kier alpha value is -3.71. The largest absolute Gasteiger partial charge is 0.453 e. The molecule has 1 N–H and O–H groups in total. The average molecular weight is 464 g/mol. The minimum absolute atomic E-state index is 0.0992. The summed E-state index contributed by atoms with van der Waals surface area (Å²) in [5, 5.41) is 12.3. The predicted molar refractivity (Wildman–Crippen MR) is 115 cm³/mol. The number of alkyl carbamates (subject to hydrolysis) is 1. The molecule has 34 heavy (non-hydrogen) atoms. The van der Waals surface area contributed by atoms with E-state index in [1.54, 1.807) is 24.4 Å². The molecule has 0 radical (unpaired) electrons. The van der Waals surface area contributed by atoms with Crippen LogP contribution in [0.15, 0.2) is 30.5 Å². The van der Waals surface area contributed by atoms with Crippen molar-refractivity contribution in [1.82, 2.24) is 10.3 Å². The van der Waals surface area contributed by atoms with Crippen LogP contribution in [0.4, 0.5) is 19.7 Å². The van der Waals surface area contributed by atoms with Gasteiger partial charge in [-0.05, 0) is 30.2 Å². The van der Waals surface area contributed by atoms with Gasteiger partial charge in [-0.2, -0.15) is 5.26 Å². The quantitative estimate of drug-likeness (QED) is 0.740. The molecule has 9 nitrogen and oxygen atoms in total. The van der Waals surface area contributed by atoms with E-state index < -0.39 is 29.5 Å². The SMILES string of the molecule is COC(=O)NC[C@@H]1OC(=O)N2c3cc(F)c(-c4ccc([C@@]5(C#N)[C@@H]6COC[C@@H]65)nc4)cc3C[C@@H]12. The number of amides is 2. The molecule has 0 bridgehead atoms. The van der Waals surface area contributed by atoms with E-state index in [4.69, 9.17) is 9.47 Å². The number of aromatic nitrogens is 1. The third-order valence-corrected chi connectivity index (χ3v) is 7.52. The summed E-state index contributed by atoms with van der Waals surface area (Å²) in [4.78, 5) is 29.8. The molecule has 4 aliphatic rings. The second kappa shape index (κ2) is 7.40. The van der Waals surface area contributed by atoms with Gasteiger partial charge in [0.15, 0.2) is 0 Å². The summed E-state index contributed by atoms with van der Waals surface area (Å²) < 4.78 is 30.5. The second-order valence-corrected chi connectivity index (χ2v) is 9.06. The first kappa shape index (κ1) is 20.9. The normalized spacial score (nSPS) is 30.1. The zero-order valence-corrected chi connectivity index (χ0v) is 18.3. The Morgan fingerprint density at radius 3 is 2.85 bits per heavy atom. The molecule has 3 aliphatic heterocycles. The fraction of sp³-hybridized carbons (Fsp3) is 0.417. The van der Waals surface area contributed by atoms with Gasteiger partial charge < -0.3 is 19.5 Å². The van der Waals surface area contributed by atoms with Gasteiger partial charge in [0.05, 0.1) is 50.4 Å². The predicted octanol–water partition coefficient (Wildman–Crippen LogP) is 2.53. The van der Waals surface area contributed by atoms with E-state index in [1.165, 1.54) is 18.1 Å². The van der Waals surface area contributed by atoms with E-state index >= 15 is 4.39 Å². The lowest BCUT2D eigenvalue weighted by Gasteiger charge is -2.16. The number of pyridine rings is 1. The molecule has 2 amide bonds. The van der Waals surface area contributed by atoms with Crippen molar-refractivity contribution in [1.29, 1.82) is 5.26 Å².